The number of rotatable bonds is 12. The van der Waals surface area contributed by atoms with Gasteiger partial charge >= 0.3 is 12.2 Å². The molecule has 4 heterocycles. The van der Waals surface area contributed by atoms with Gasteiger partial charge in [0.05, 0.1) is 50.1 Å². The smallest absolute Gasteiger partial charge is 0.407 e. The van der Waals surface area contributed by atoms with Crippen LogP contribution in [0.3, 0.4) is 0 Å². The number of aromatic amines is 2. The number of methoxy groups -OCH3 is 2. The highest BCUT2D eigenvalue weighted by molar-refractivity contribution is 5.86. The second kappa shape index (κ2) is 17.0. The minimum atomic E-state index is -0.677. The maximum Gasteiger partial charge on any atom is 0.407 e. The summed E-state index contributed by atoms with van der Waals surface area (Å²) in [6.07, 6.45) is 6.30. The largest absolute Gasteiger partial charge is 0.453 e. The fourth-order valence-electron chi connectivity index (χ4n) is 7.38. The van der Waals surface area contributed by atoms with Crippen LogP contribution in [0.2, 0.25) is 0 Å². The highest BCUT2D eigenvalue weighted by Crippen LogP contribution is 2.35. The number of H-pyrrole nitrogens is 2. The number of benzene rings is 2. The van der Waals surface area contributed by atoms with Crippen molar-refractivity contribution in [3.63, 3.8) is 0 Å². The van der Waals surface area contributed by atoms with Crippen LogP contribution < -0.4 is 10.6 Å². The van der Waals surface area contributed by atoms with Gasteiger partial charge in [-0.1, -0.05) is 69.3 Å². The standard InChI is InChI=1S/C40H50N8O6/c1-24(2)35(46-40(52)54-5)38(50)48-19-7-9-33(48)31-23-42-37(45-31)29-16-12-27(13-17-29)26-10-14-28(15-11-26)36-41-22-30(44-36)32-8-6-18-47(32)34(49)20-25(3)21-43-39(51)53-4/h10-17,22-25,32-33,35H,6-9,18-21H2,1-5H3,(H,41,44)(H,42,45)(H,43,51)(H,46,52). The monoisotopic (exact) mass is 738 g/mol. The molecule has 0 aliphatic carbocycles. The van der Waals surface area contributed by atoms with E-state index in [2.05, 4.69) is 59.6 Å². The summed E-state index contributed by atoms with van der Waals surface area (Å²) in [6.45, 7) is 7.42. The van der Waals surface area contributed by atoms with Crippen molar-refractivity contribution in [3.05, 3.63) is 72.3 Å². The molecular weight excluding hydrogens is 688 g/mol. The Kier molecular flexibility index (Phi) is 12.0. The van der Waals surface area contributed by atoms with E-state index in [0.29, 0.717) is 26.1 Å². The van der Waals surface area contributed by atoms with Gasteiger partial charge in [-0.2, -0.15) is 0 Å². The highest BCUT2D eigenvalue weighted by Gasteiger charge is 2.37. The topological polar surface area (TPSA) is 175 Å². The molecule has 0 bridgehead atoms. The van der Waals surface area contributed by atoms with Gasteiger partial charge in [-0.3, -0.25) is 9.59 Å². The summed E-state index contributed by atoms with van der Waals surface area (Å²) in [5.74, 6) is 1.29. The lowest BCUT2D eigenvalue weighted by Crippen LogP contribution is -2.51. The Morgan fingerprint density at radius 2 is 1.22 bits per heavy atom. The Morgan fingerprint density at radius 3 is 1.72 bits per heavy atom. The van der Waals surface area contributed by atoms with Crippen molar-refractivity contribution in [1.29, 1.82) is 0 Å². The number of nitrogens with zero attached hydrogens (tertiary/aromatic N) is 4. The predicted octanol–water partition coefficient (Wildman–Crippen LogP) is 6.22. The van der Waals surface area contributed by atoms with Gasteiger partial charge in [0.2, 0.25) is 11.8 Å². The van der Waals surface area contributed by atoms with Gasteiger partial charge in [0, 0.05) is 37.2 Å². The van der Waals surface area contributed by atoms with Crippen LogP contribution in [0.15, 0.2) is 60.9 Å². The SMILES string of the molecule is COC(=O)NCC(C)CC(=O)N1CCCC1c1cnc(-c2ccc(-c3ccc(-c4ncc(C5CCCN5C(=O)C(NC(=O)OC)C(C)C)[nH]4)cc3)cc2)[nH]1. The van der Waals surface area contributed by atoms with Crippen LogP contribution in [0.25, 0.3) is 33.9 Å². The van der Waals surface area contributed by atoms with Crippen molar-refractivity contribution in [2.75, 3.05) is 33.9 Å². The molecule has 14 heteroatoms. The van der Waals surface area contributed by atoms with Crippen LogP contribution in [0, 0.1) is 11.8 Å². The Labute approximate surface area is 315 Å². The van der Waals surface area contributed by atoms with Crippen LogP contribution in [-0.2, 0) is 19.1 Å². The number of hydrogen-bond donors (Lipinski definition) is 4. The molecule has 286 valence electrons. The molecule has 6 rings (SSSR count). The van der Waals surface area contributed by atoms with E-state index in [1.807, 2.05) is 61.0 Å². The number of nitrogens with one attached hydrogen (secondary N) is 4. The molecule has 0 spiro atoms. The molecule has 4 atom stereocenters. The predicted molar refractivity (Wildman–Crippen MR) is 203 cm³/mol. The lowest BCUT2D eigenvalue weighted by Gasteiger charge is -2.30. The molecule has 14 nitrogen and oxygen atoms in total. The molecule has 4 amide bonds. The molecule has 4 N–H and O–H groups in total. The first-order chi connectivity index (χ1) is 26.1. The average Bonchev–Trinajstić information content (AvgIpc) is 4.02. The molecule has 2 aliphatic heterocycles. The minimum Gasteiger partial charge on any atom is -0.453 e. The van der Waals surface area contributed by atoms with E-state index in [-0.39, 0.29) is 35.7 Å². The van der Waals surface area contributed by atoms with E-state index >= 15 is 0 Å². The normalized spacial score (nSPS) is 18.0. The van der Waals surface area contributed by atoms with Gasteiger partial charge in [-0.25, -0.2) is 19.6 Å². The summed E-state index contributed by atoms with van der Waals surface area (Å²) in [5.41, 5.74) is 5.77. The van der Waals surface area contributed by atoms with Crippen molar-refractivity contribution >= 4 is 24.0 Å². The molecule has 54 heavy (non-hydrogen) atoms. The Hall–Kier alpha value is -5.66. The lowest BCUT2D eigenvalue weighted by atomic mass is 10.0. The fourth-order valence-corrected chi connectivity index (χ4v) is 7.38. The van der Waals surface area contributed by atoms with Crippen LogP contribution in [0.1, 0.15) is 76.3 Å². The summed E-state index contributed by atoms with van der Waals surface area (Å²) < 4.78 is 9.38. The molecule has 4 unspecified atom stereocenters. The van der Waals surface area contributed by atoms with Crippen molar-refractivity contribution in [1.82, 2.24) is 40.4 Å². The average molecular weight is 739 g/mol. The van der Waals surface area contributed by atoms with Gasteiger partial charge in [-0.05, 0) is 48.6 Å². The molecule has 4 aromatic rings. The first-order valence-electron chi connectivity index (χ1n) is 18.6. The number of imidazole rings is 2. The number of carbonyl (C=O) groups excluding carboxylic acids is 4. The highest BCUT2D eigenvalue weighted by atomic mass is 16.5. The summed E-state index contributed by atoms with van der Waals surface area (Å²) in [7, 11) is 2.61. The number of carbonyl (C=O) groups is 4. The zero-order chi connectivity index (χ0) is 38.4. The molecular formula is C40H50N8O6. The first-order valence-corrected chi connectivity index (χ1v) is 18.6. The summed E-state index contributed by atoms with van der Waals surface area (Å²) in [4.78, 5) is 70.0. The Balaban J connectivity index is 1.07. The van der Waals surface area contributed by atoms with Crippen molar-refractivity contribution in [2.45, 2.75) is 71.0 Å². The second-order valence-corrected chi connectivity index (χ2v) is 14.5. The first kappa shape index (κ1) is 38.1. The van der Waals surface area contributed by atoms with Crippen molar-refractivity contribution < 1.29 is 28.7 Å². The minimum absolute atomic E-state index is 0.0163. The van der Waals surface area contributed by atoms with Crippen LogP contribution >= 0.6 is 0 Å². The summed E-state index contributed by atoms with van der Waals surface area (Å²) >= 11 is 0. The maximum absolute atomic E-state index is 13.5. The fraction of sp³-hybridized carbons (Fsp3) is 0.450. The van der Waals surface area contributed by atoms with E-state index in [1.54, 1.807) is 6.20 Å². The van der Waals surface area contributed by atoms with Gasteiger partial charge in [-0.15, -0.1) is 0 Å². The number of aromatic nitrogens is 4. The molecule has 2 fully saturated rings. The van der Waals surface area contributed by atoms with Gasteiger partial charge in [0.15, 0.2) is 0 Å². The Morgan fingerprint density at radius 1 is 0.741 bits per heavy atom. The molecule has 2 aliphatic rings. The lowest BCUT2D eigenvalue weighted by molar-refractivity contribution is -0.135. The summed E-state index contributed by atoms with van der Waals surface area (Å²) in [5, 5.41) is 5.36. The van der Waals surface area contributed by atoms with E-state index in [1.165, 1.54) is 14.2 Å². The Bertz CT molecular complexity index is 1920. The molecule has 0 radical (unpaired) electrons. The van der Waals surface area contributed by atoms with Crippen LogP contribution in [0.5, 0.6) is 0 Å². The quantitative estimate of drug-likeness (QED) is 0.132. The third kappa shape index (κ3) is 8.58. The van der Waals surface area contributed by atoms with Gasteiger partial charge < -0.3 is 39.9 Å². The molecule has 2 saturated heterocycles. The summed E-state index contributed by atoms with van der Waals surface area (Å²) in [6, 6.07) is 15.5. The van der Waals surface area contributed by atoms with E-state index in [4.69, 9.17) is 4.74 Å². The molecule has 2 aromatic carbocycles. The van der Waals surface area contributed by atoms with E-state index in [0.717, 1.165) is 71.0 Å². The number of hydrogen-bond acceptors (Lipinski definition) is 8. The number of alkyl carbamates (subject to hydrolysis) is 2. The third-order valence-corrected chi connectivity index (χ3v) is 10.4. The molecule has 0 saturated carbocycles. The molecule has 2 aromatic heterocycles. The van der Waals surface area contributed by atoms with Crippen molar-refractivity contribution in [3.8, 4) is 33.9 Å². The van der Waals surface area contributed by atoms with E-state index < -0.39 is 18.2 Å². The number of amides is 4. The van der Waals surface area contributed by atoms with E-state index in [9.17, 15) is 19.2 Å². The van der Waals surface area contributed by atoms with Crippen molar-refractivity contribution in [2.24, 2.45) is 11.8 Å². The zero-order valence-corrected chi connectivity index (χ0v) is 31.6. The number of ether oxygens (including phenoxy) is 2. The zero-order valence-electron chi connectivity index (χ0n) is 31.6. The van der Waals surface area contributed by atoms with Crippen LogP contribution in [-0.4, -0.2) is 93.6 Å². The third-order valence-electron chi connectivity index (χ3n) is 10.4. The number of likely N-dealkylation sites (tertiary alicyclic amines) is 2. The second-order valence-electron chi connectivity index (χ2n) is 14.5. The maximum atomic E-state index is 13.5. The van der Waals surface area contributed by atoms with Crippen LogP contribution in [0.4, 0.5) is 9.59 Å². The van der Waals surface area contributed by atoms with Gasteiger partial charge in [0.1, 0.15) is 17.7 Å². The van der Waals surface area contributed by atoms with Gasteiger partial charge in [0.25, 0.3) is 0 Å².